The molecule has 0 unspecified atom stereocenters. The van der Waals surface area contributed by atoms with Crippen molar-refractivity contribution < 1.29 is 13.9 Å². The van der Waals surface area contributed by atoms with E-state index in [1.165, 1.54) is 19.6 Å². The van der Waals surface area contributed by atoms with E-state index in [0.717, 1.165) is 10.2 Å². The minimum absolute atomic E-state index is 0.00118. The van der Waals surface area contributed by atoms with Crippen LogP contribution in [-0.4, -0.2) is 24.0 Å². The molecule has 2 aromatic carbocycles. The number of rotatable bonds is 4. The molecular formula is C22H15ClN2O4. The molecule has 0 bridgehead atoms. The molecule has 7 heteroatoms. The molecule has 0 aliphatic carbocycles. The van der Waals surface area contributed by atoms with Crippen molar-refractivity contribution in [3.05, 3.63) is 93.8 Å². The van der Waals surface area contributed by atoms with Gasteiger partial charge >= 0.3 is 5.97 Å². The average Bonchev–Trinajstić information content (AvgIpc) is 3.26. The second-order valence-corrected chi connectivity index (χ2v) is 6.58. The molecule has 144 valence electrons. The zero-order chi connectivity index (χ0) is 20.4. The molecule has 0 aliphatic heterocycles. The predicted molar refractivity (Wildman–Crippen MR) is 112 cm³/mol. The number of carbonyl (C=O) groups is 1. The number of methoxy groups -OCH3 is 1. The lowest BCUT2D eigenvalue weighted by Gasteiger charge is -2.15. The Bertz CT molecular complexity index is 1280. The number of fused-ring (bicyclic) bond motifs is 1. The van der Waals surface area contributed by atoms with E-state index in [4.69, 9.17) is 20.8 Å². The van der Waals surface area contributed by atoms with Crippen LogP contribution in [-0.2, 0) is 4.74 Å². The van der Waals surface area contributed by atoms with Crippen LogP contribution < -0.4 is 5.56 Å². The van der Waals surface area contributed by atoms with E-state index >= 15 is 0 Å². The molecular weight excluding hydrogens is 392 g/mol. The second kappa shape index (κ2) is 7.77. The number of nitrogens with zero attached hydrogens (tertiary/aromatic N) is 2. The molecule has 0 fully saturated rings. The van der Waals surface area contributed by atoms with E-state index in [0.29, 0.717) is 27.1 Å². The molecule has 29 heavy (non-hydrogen) atoms. The van der Waals surface area contributed by atoms with Crippen molar-refractivity contribution in [2.75, 3.05) is 7.11 Å². The summed E-state index contributed by atoms with van der Waals surface area (Å²) in [4.78, 5) is 26.0. The summed E-state index contributed by atoms with van der Waals surface area (Å²) in [5, 5.41) is 5.59. The number of pyridine rings is 1. The van der Waals surface area contributed by atoms with Gasteiger partial charge in [-0.2, -0.15) is 9.78 Å². The van der Waals surface area contributed by atoms with Crippen molar-refractivity contribution in [3.8, 4) is 11.1 Å². The van der Waals surface area contributed by atoms with Gasteiger partial charge in [0.1, 0.15) is 5.76 Å². The normalized spacial score (nSPS) is 11.2. The summed E-state index contributed by atoms with van der Waals surface area (Å²) in [6.07, 6.45) is 2.85. The lowest BCUT2D eigenvalue weighted by atomic mass is 9.97. The maximum absolute atomic E-state index is 13.2. The maximum Gasteiger partial charge on any atom is 0.357 e. The van der Waals surface area contributed by atoms with E-state index in [9.17, 15) is 9.59 Å². The zero-order valence-corrected chi connectivity index (χ0v) is 16.1. The molecule has 0 radical (unpaired) electrons. The van der Waals surface area contributed by atoms with Crippen LogP contribution in [0.4, 0.5) is 0 Å². The van der Waals surface area contributed by atoms with Gasteiger partial charge in [0.25, 0.3) is 5.56 Å². The fourth-order valence-corrected chi connectivity index (χ4v) is 3.30. The standard InChI is InChI=1S/C22H15ClN2O4/c1-28-22(27)20-19(14-6-3-2-4-7-14)18-12-15(23)9-10-17(18)21(26)25(20)24-13-16-8-5-11-29-16/h2-13H,1H3. The van der Waals surface area contributed by atoms with Crippen LogP contribution in [0.5, 0.6) is 0 Å². The molecule has 2 heterocycles. The minimum atomic E-state index is -0.695. The first kappa shape index (κ1) is 18.7. The fourth-order valence-electron chi connectivity index (χ4n) is 3.13. The van der Waals surface area contributed by atoms with Crippen LogP contribution in [0.3, 0.4) is 0 Å². The van der Waals surface area contributed by atoms with Gasteiger partial charge in [0, 0.05) is 16.0 Å². The highest BCUT2D eigenvalue weighted by atomic mass is 35.5. The molecule has 0 saturated carbocycles. The van der Waals surface area contributed by atoms with Crippen molar-refractivity contribution in [2.24, 2.45) is 5.10 Å². The third kappa shape index (κ3) is 3.46. The van der Waals surface area contributed by atoms with Crippen LogP contribution in [0, 0.1) is 0 Å². The molecule has 6 nitrogen and oxygen atoms in total. The van der Waals surface area contributed by atoms with Gasteiger partial charge in [0.2, 0.25) is 0 Å². The van der Waals surface area contributed by atoms with E-state index in [1.807, 2.05) is 30.3 Å². The lowest BCUT2D eigenvalue weighted by Crippen LogP contribution is -2.25. The summed E-state index contributed by atoms with van der Waals surface area (Å²) < 4.78 is 11.3. The predicted octanol–water partition coefficient (Wildman–Crippen LogP) is 4.58. The first-order chi connectivity index (χ1) is 14.1. The molecule has 0 saturated heterocycles. The summed E-state index contributed by atoms with van der Waals surface area (Å²) in [6.45, 7) is 0. The summed E-state index contributed by atoms with van der Waals surface area (Å²) in [6, 6.07) is 17.5. The summed E-state index contributed by atoms with van der Waals surface area (Å²) in [7, 11) is 1.25. The molecule has 0 aliphatic rings. The minimum Gasteiger partial charge on any atom is -0.464 e. The van der Waals surface area contributed by atoms with E-state index in [1.54, 1.807) is 30.3 Å². The molecule has 0 atom stereocenters. The van der Waals surface area contributed by atoms with Gasteiger partial charge in [-0.1, -0.05) is 41.9 Å². The Morgan fingerprint density at radius 2 is 1.90 bits per heavy atom. The number of benzene rings is 2. The SMILES string of the molecule is COC(=O)c1c(-c2ccccc2)c2cc(Cl)ccc2c(=O)n1N=Cc1ccco1. The monoisotopic (exact) mass is 406 g/mol. The van der Waals surface area contributed by atoms with E-state index in [-0.39, 0.29) is 5.69 Å². The smallest absolute Gasteiger partial charge is 0.357 e. The van der Waals surface area contributed by atoms with Gasteiger partial charge in [-0.3, -0.25) is 4.79 Å². The second-order valence-electron chi connectivity index (χ2n) is 6.15. The average molecular weight is 407 g/mol. The first-order valence-corrected chi connectivity index (χ1v) is 9.08. The molecule has 4 rings (SSSR count). The van der Waals surface area contributed by atoms with Crippen LogP contribution >= 0.6 is 11.6 Å². The van der Waals surface area contributed by atoms with Crippen molar-refractivity contribution >= 4 is 34.6 Å². The molecule has 4 aromatic rings. The molecule has 0 amide bonds. The van der Waals surface area contributed by atoms with Gasteiger partial charge in [-0.05, 0) is 41.3 Å². The Balaban J connectivity index is 2.14. The topological polar surface area (TPSA) is 73.8 Å². The van der Waals surface area contributed by atoms with Crippen LogP contribution in [0.2, 0.25) is 5.02 Å². The highest BCUT2D eigenvalue weighted by molar-refractivity contribution is 6.31. The number of carbonyl (C=O) groups excluding carboxylic acids is 1. The Morgan fingerprint density at radius 1 is 1.10 bits per heavy atom. The number of ether oxygens (including phenoxy) is 1. The number of furan rings is 1. The molecule has 0 spiro atoms. The highest BCUT2D eigenvalue weighted by Crippen LogP contribution is 2.32. The first-order valence-electron chi connectivity index (χ1n) is 8.70. The van der Waals surface area contributed by atoms with Crippen molar-refractivity contribution in [3.63, 3.8) is 0 Å². The number of hydrogen-bond donors (Lipinski definition) is 0. The van der Waals surface area contributed by atoms with Crippen LogP contribution in [0.25, 0.3) is 21.9 Å². The third-order valence-corrected chi connectivity index (χ3v) is 4.64. The van der Waals surface area contributed by atoms with Gasteiger partial charge in [-0.25, -0.2) is 4.79 Å². The Labute approximate surface area is 170 Å². The Kier molecular flexibility index (Phi) is 5.01. The molecule has 0 N–H and O–H groups in total. The summed E-state index contributed by atoms with van der Waals surface area (Å²) >= 11 is 6.20. The number of halogens is 1. The largest absolute Gasteiger partial charge is 0.464 e. The third-order valence-electron chi connectivity index (χ3n) is 4.41. The van der Waals surface area contributed by atoms with Crippen molar-refractivity contribution in [2.45, 2.75) is 0 Å². The summed E-state index contributed by atoms with van der Waals surface area (Å²) in [5.41, 5.74) is 0.758. The molecule has 2 aromatic heterocycles. The van der Waals surface area contributed by atoms with Crippen molar-refractivity contribution in [1.29, 1.82) is 0 Å². The number of aromatic nitrogens is 1. The summed E-state index contributed by atoms with van der Waals surface area (Å²) in [5.74, 6) is -0.260. The van der Waals surface area contributed by atoms with E-state index < -0.39 is 11.5 Å². The number of hydrogen-bond acceptors (Lipinski definition) is 5. The zero-order valence-electron chi connectivity index (χ0n) is 15.3. The Hall–Kier alpha value is -3.64. The lowest BCUT2D eigenvalue weighted by molar-refractivity contribution is 0.0589. The van der Waals surface area contributed by atoms with Crippen LogP contribution in [0.1, 0.15) is 16.2 Å². The van der Waals surface area contributed by atoms with E-state index in [2.05, 4.69) is 5.10 Å². The maximum atomic E-state index is 13.2. The van der Waals surface area contributed by atoms with Gasteiger partial charge in [-0.15, -0.1) is 0 Å². The van der Waals surface area contributed by atoms with Gasteiger partial charge < -0.3 is 9.15 Å². The quantitative estimate of drug-likeness (QED) is 0.367. The Morgan fingerprint density at radius 3 is 2.59 bits per heavy atom. The fraction of sp³-hybridized carbons (Fsp3) is 0.0455. The van der Waals surface area contributed by atoms with Crippen LogP contribution in [0.15, 0.2) is 81.2 Å². The number of esters is 1. The van der Waals surface area contributed by atoms with Crippen molar-refractivity contribution in [1.82, 2.24) is 4.68 Å². The highest BCUT2D eigenvalue weighted by Gasteiger charge is 2.24. The van der Waals surface area contributed by atoms with Gasteiger partial charge in [0.05, 0.1) is 19.6 Å². The van der Waals surface area contributed by atoms with Gasteiger partial charge in [0.15, 0.2) is 5.69 Å².